The molecule has 0 spiro atoms. The molecule has 0 aliphatic heterocycles. The number of ether oxygens (including phenoxy) is 1. The summed E-state index contributed by atoms with van der Waals surface area (Å²) in [5.41, 5.74) is 9.25. The highest BCUT2D eigenvalue weighted by molar-refractivity contribution is 7.18. The van der Waals surface area contributed by atoms with Crippen molar-refractivity contribution in [3.63, 3.8) is 0 Å². The Bertz CT molecular complexity index is 1230. The van der Waals surface area contributed by atoms with Crippen LogP contribution in [0.15, 0.2) is 71.7 Å². The van der Waals surface area contributed by atoms with E-state index in [4.69, 9.17) is 10.5 Å². The number of carbonyl (C=O) groups is 1. The molecule has 2 aromatic carbocycles. The van der Waals surface area contributed by atoms with Gasteiger partial charge in [0.25, 0.3) is 0 Å². The van der Waals surface area contributed by atoms with Crippen molar-refractivity contribution in [1.82, 2.24) is 4.98 Å². The second-order valence-corrected chi connectivity index (χ2v) is 7.60. The van der Waals surface area contributed by atoms with Crippen LogP contribution in [-0.4, -0.2) is 16.1 Å². The van der Waals surface area contributed by atoms with E-state index in [-0.39, 0.29) is 0 Å². The van der Waals surface area contributed by atoms with E-state index >= 15 is 0 Å². The number of hydrogen-bond acceptors (Lipinski definition) is 5. The number of anilines is 1. The monoisotopic (exact) mass is 416 g/mol. The summed E-state index contributed by atoms with van der Waals surface area (Å²) in [5.74, 6) is 1.03. The van der Waals surface area contributed by atoms with Gasteiger partial charge in [0.1, 0.15) is 17.3 Å². The fraction of sp³-hybridized carbons (Fsp3) is 0.0833. The minimum absolute atomic E-state index is 0.334. The average Bonchev–Trinajstić information content (AvgIpc) is 3.21. The molecule has 5 nitrogen and oxygen atoms in total. The second-order valence-electron chi connectivity index (χ2n) is 6.72. The Kier molecular flexibility index (Phi) is 5.50. The first-order valence-corrected chi connectivity index (χ1v) is 10.4. The third-order valence-corrected chi connectivity index (χ3v) is 5.81. The van der Waals surface area contributed by atoms with Gasteiger partial charge in [-0.25, -0.2) is 9.78 Å². The van der Waals surface area contributed by atoms with Gasteiger partial charge in [0.15, 0.2) is 0 Å². The molecule has 4 rings (SSSR count). The third-order valence-electron chi connectivity index (χ3n) is 4.78. The molecule has 2 aromatic heterocycles. The van der Waals surface area contributed by atoms with Gasteiger partial charge in [0.05, 0.1) is 0 Å². The number of nitrogens with zero attached hydrogens (tertiary/aromatic N) is 1. The minimum atomic E-state index is -0.923. The molecule has 0 amide bonds. The number of para-hydroxylation sites is 1. The van der Waals surface area contributed by atoms with Gasteiger partial charge in [0.2, 0.25) is 0 Å². The van der Waals surface area contributed by atoms with E-state index in [0.717, 1.165) is 38.3 Å². The molecule has 0 atom stereocenters. The number of thiophene rings is 1. The number of aliphatic carboxylic acids is 1. The fourth-order valence-electron chi connectivity index (χ4n) is 3.23. The number of rotatable bonds is 6. The second kappa shape index (κ2) is 8.39. The molecule has 30 heavy (non-hydrogen) atoms. The molecule has 3 N–H and O–H groups in total. The summed E-state index contributed by atoms with van der Waals surface area (Å²) in [4.78, 5) is 15.7. The Balaban J connectivity index is 1.71. The van der Waals surface area contributed by atoms with Crippen molar-refractivity contribution in [2.24, 2.45) is 0 Å². The van der Waals surface area contributed by atoms with Crippen LogP contribution in [0.3, 0.4) is 0 Å². The standard InChI is InChI=1S/C24H20N2O3S/c1-2-15(24(27)28)12-17-13-26-23(25)21-20(14-30-22(17)21)16-8-10-19(11-9-16)29-18-6-4-3-5-7-18/h3-14H,2H2,1H3,(H2,25,26)(H,27,28)/b15-12+. The van der Waals surface area contributed by atoms with Gasteiger partial charge < -0.3 is 15.6 Å². The van der Waals surface area contributed by atoms with E-state index in [0.29, 0.717) is 17.8 Å². The molecule has 2 heterocycles. The van der Waals surface area contributed by atoms with Crippen LogP contribution in [0.4, 0.5) is 5.82 Å². The summed E-state index contributed by atoms with van der Waals surface area (Å²) in [6, 6.07) is 17.4. The first kappa shape index (κ1) is 19.7. The summed E-state index contributed by atoms with van der Waals surface area (Å²) in [6.07, 6.45) is 3.74. The lowest BCUT2D eigenvalue weighted by molar-refractivity contribution is -0.132. The number of fused-ring (bicyclic) bond motifs is 1. The van der Waals surface area contributed by atoms with E-state index in [1.807, 2.05) is 66.9 Å². The molecule has 0 saturated carbocycles. The molecule has 0 unspecified atom stereocenters. The van der Waals surface area contributed by atoms with Crippen LogP contribution in [0.25, 0.3) is 27.3 Å². The van der Waals surface area contributed by atoms with Crippen molar-refractivity contribution in [3.8, 4) is 22.6 Å². The SMILES string of the molecule is CC/C(=C\c1cnc(N)c2c(-c3ccc(Oc4ccccc4)cc3)csc12)C(=O)O. The number of benzene rings is 2. The maximum Gasteiger partial charge on any atom is 0.331 e. The molecule has 0 radical (unpaired) electrons. The lowest BCUT2D eigenvalue weighted by Crippen LogP contribution is -1.99. The summed E-state index contributed by atoms with van der Waals surface area (Å²) in [5, 5.41) is 12.2. The minimum Gasteiger partial charge on any atom is -0.478 e. The number of aromatic nitrogens is 1. The van der Waals surface area contributed by atoms with Gasteiger partial charge in [-0.2, -0.15) is 0 Å². The predicted octanol–water partition coefficient (Wildman–Crippen LogP) is 6.22. The van der Waals surface area contributed by atoms with Crippen LogP contribution in [0.2, 0.25) is 0 Å². The van der Waals surface area contributed by atoms with Crippen molar-refractivity contribution in [3.05, 3.63) is 77.3 Å². The van der Waals surface area contributed by atoms with Crippen LogP contribution < -0.4 is 10.5 Å². The van der Waals surface area contributed by atoms with Gasteiger partial charge in [-0.15, -0.1) is 11.3 Å². The number of carboxylic acids is 1. The number of hydrogen-bond donors (Lipinski definition) is 2. The zero-order valence-electron chi connectivity index (χ0n) is 16.3. The first-order valence-electron chi connectivity index (χ1n) is 9.49. The molecular weight excluding hydrogens is 396 g/mol. The molecule has 4 aromatic rings. The highest BCUT2D eigenvalue weighted by atomic mass is 32.1. The molecule has 0 aliphatic carbocycles. The summed E-state index contributed by atoms with van der Waals surface area (Å²) in [7, 11) is 0. The Labute approximate surface area is 178 Å². The number of pyridine rings is 1. The molecule has 0 bridgehead atoms. The quantitative estimate of drug-likeness (QED) is 0.365. The van der Waals surface area contributed by atoms with Gasteiger partial charge >= 0.3 is 5.97 Å². The lowest BCUT2D eigenvalue weighted by Gasteiger charge is -2.08. The Morgan fingerprint density at radius 2 is 1.83 bits per heavy atom. The third kappa shape index (κ3) is 3.90. The molecule has 0 saturated heterocycles. The van der Waals surface area contributed by atoms with Crippen molar-refractivity contribution >= 4 is 39.3 Å². The van der Waals surface area contributed by atoms with Gasteiger partial charge in [0, 0.05) is 33.0 Å². The van der Waals surface area contributed by atoms with Crippen LogP contribution in [0.1, 0.15) is 18.9 Å². The smallest absolute Gasteiger partial charge is 0.331 e. The highest BCUT2D eigenvalue weighted by Crippen LogP contribution is 2.39. The molecule has 0 aliphatic rings. The lowest BCUT2D eigenvalue weighted by atomic mass is 10.0. The number of carboxylic acid groups (broad SMARTS) is 1. The maximum absolute atomic E-state index is 11.4. The molecule has 0 fully saturated rings. The Morgan fingerprint density at radius 3 is 2.50 bits per heavy atom. The largest absolute Gasteiger partial charge is 0.478 e. The van der Waals surface area contributed by atoms with Gasteiger partial charge in [-0.1, -0.05) is 37.3 Å². The molecule has 6 heteroatoms. The van der Waals surface area contributed by atoms with Crippen molar-refractivity contribution in [2.45, 2.75) is 13.3 Å². The molecule has 150 valence electrons. The van der Waals surface area contributed by atoms with E-state index in [1.165, 1.54) is 11.3 Å². The predicted molar refractivity (Wildman–Crippen MR) is 122 cm³/mol. The number of nitrogen functional groups attached to an aromatic ring is 1. The first-order chi connectivity index (χ1) is 14.6. The average molecular weight is 417 g/mol. The van der Waals surface area contributed by atoms with E-state index in [9.17, 15) is 9.90 Å². The Morgan fingerprint density at radius 1 is 1.13 bits per heavy atom. The number of nitrogens with two attached hydrogens (primary N) is 1. The van der Waals surface area contributed by atoms with E-state index in [2.05, 4.69) is 4.98 Å². The van der Waals surface area contributed by atoms with E-state index < -0.39 is 5.97 Å². The van der Waals surface area contributed by atoms with Crippen molar-refractivity contribution in [1.29, 1.82) is 0 Å². The fourth-order valence-corrected chi connectivity index (χ4v) is 4.30. The molecular formula is C24H20N2O3S. The topological polar surface area (TPSA) is 85.4 Å². The van der Waals surface area contributed by atoms with Crippen LogP contribution in [0.5, 0.6) is 11.5 Å². The van der Waals surface area contributed by atoms with Crippen LogP contribution in [0, 0.1) is 0 Å². The van der Waals surface area contributed by atoms with E-state index in [1.54, 1.807) is 12.3 Å². The zero-order chi connectivity index (χ0) is 21.1. The normalized spacial score (nSPS) is 11.6. The van der Waals surface area contributed by atoms with Gasteiger partial charge in [-0.05, 0) is 47.7 Å². The highest BCUT2D eigenvalue weighted by Gasteiger charge is 2.15. The maximum atomic E-state index is 11.4. The van der Waals surface area contributed by atoms with Crippen LogP contribution >= 0.6 is 11.3 Å². The van der Waals surface area contributed by atoms with Crippen molar-refractivity contribution in [2.75, 3.05) is 5.73 Å². The summed E-state index contributed by atoms with van der Waals surface area (Å²) in [6.45, 7) is 1.82. The Hall–Kier alpha value is -3.64. The van der Waals surface area contributed by atoms with Crippen molar-refractivity contribution < 1.29 is 14.6 Å². The van der Waals surface area contributed by atoms with Gasteiger partial charge in [-0.3, -0.25) is 0 Å². The summed E-state index contributed by atoms with van der Waals surface area (Å²) >= 11 is 1.53. The zero-order valence-corrected chi connectivity index (χ0v) is 17.1. The summed E-state index contributed by atoms with van der Waals surface area (Å²) < 4.78 is 6.79. The van der Waals surface area contributed by atoms with Crippen LogP contribution in [-0.2, 0) is 4.79 Å².